The number of carbonyl (C=O) groups excluding carboxylic acids is 1. The Morgan fingerprint density at radius 1 is 1.23 bits per heavy atom. The average molecular weight is 356 g/mol. The number of amides is 1. The Balaban J connectivity index is 0. The predicted octanol–water partition coefficient (Wildman–Crippen LogP) is 2.93. The van der Waals surface area contributed by atoms with Gasteiger partial charge in [0.1, 0.15) is 0 Å². The van der Waals surface area contributed by atoms with Crippen molar-refractivity contribution in [2.24, 2.45) is 11.1 Å². The van der Waals surface area contributed by atoms with Crippen LogP contribution in [0.25, 0.3) is 0 Å². The zero-order chi connectivity index (χ0) is 15.3. The maximum Gasteiger partial charge on any atom is 0.230 e. The molecule has 2 N–H and O–H groups in total. The molecule has 0 saturated carbocycles. The van der Waals surface area contributed by atoms with Gasteiger partial charge in [-0.05, 0) is 39.5 Å². The highest BCUT2D eigenvalue weighted by molar-refractivity contribution is 5.85. The molecule has 0 spiro atoms. The van der Waals surface area contributed by atoms with Gasteiger partial charge in [0.25, 0.3) is 0 Å². The van der Waals surface area contributed by atoms with E-state index in [2.05, 4.69) is 32.6 Å². The molecule has 0 aromatic rings. The summed E-state index contributed by atoms with van der Waals surface area (Å²) in [6.07, 6.45) is 3.81. The van der Waals surface area contributed by atoms with Gasteiger partial charge in [0.15, 0.2) is 0 Å². The summed E-state index contributed by atoms with van der Waals surface area (Å²) in [5, 5.41) is 0. The maximum absolute atomic E-state index is 12.8. The topological polar surface area (TPSA) is 49.6 Å². The van der Waals surface area contributed by atoms with Crippen LogP contribution in [0.5, 0.6) is 0 Å². The highest BCUT2D eigenvalue weighted by Gasteiger charge is 2.38. The summed E-state index contributed by atoms with van der Waals surface area (Å²) in [6.45, 7) is 11.3. The van der Waals surface area contributed by atoms with Gasteiger partial charge in [0.2, 0.25) is 5.91 Å². The summed E-state index contributed by atoms with van der Waals surface area (Å²) >= 11 is 0. The molecule has 0 aliphatic carbocycles. The van der Waals surface area contributed by atoms with Crippen LogP contribution in [0.4, 0.5) is 0 Å². The van der Waals surface area contributed by atoms with Crippen molar-refractivity contribution in [2.45, 2.75) is 65.5 Å². The fourth-order valence-electron chi connectivity index (χ4n) is 3.26. The van der Waals surface area contributed by atoms with E-state index in [-0.39, 0.29) is 36.1 Å². The summed E-state index contributed by atoms with van der Waals surface area (Å²) in [5.41, 5.74) is 5.55. The molecule has 4 nitrogen and oxygen atoms in total. The number of rotatable bonds is 6. The lowest BCUT2D eigenvalue weighted by Crippen LogP contribution is -2.53. The van der Waals surface area contributed by atoms with Gasteiger partial charge in [-0.2, -0.15) is 0 Å². The van der Waals surface area contributed by atoms with E-state index in [9.17, 15) is 4.79 Å². The molecule has 134 valence electrons. The van der Waals surface area contributed by atoms with E-state index in [1.807, 2.05) is 11.9 Å². The Morgan fingerprint density at radius 3 is 2.00 bits per heavy atom. The lowest BCUT2D eigenvalue weighted by molar-refractivity contribution is -0.144. The molecular formula is C16H35Cl2N3O. The Bertz CT molecular complexity index is 306. The molecule has 1 aliphatic heterocycles. The summed E-state index contributed by atoms with van der Waals surface area (Å²) in [4.78, 5) is 17.3. The number of hydrogen-bond donors (Lipinski definition) is 1. The minimum atomic E-state index is -0.357. The van der Waals surface area contributed by atoms with E-state index in [1.165, 1.54) is 0 Å². The Labute approximate surface area is 149 Å². The number of hydrogen-bond acceptors (Lipinski definition) is 3. The first-order valence-electron chi connectivity index (χ1n) is 8.13. The summed E-state index contributed by atoms with van der Waals surface area (Å²) in [7, 11) is 1.97. The molecule has 1 rings (SSSR count). The number of piperidine rings is 1. The first-order chi connectivity index (χ1) is 9.41. The molecule has 0 aromatic heterocycles. The molecule has 0 bridgehead atoms. The molecule has 1 saturated heterocycles. The highest BCUT2D eigenvalue weighted by atomic mass is 35.5. The van der Waals surface area contributed by atoms with Gasteiger partial charge in [-0.1, -0.05) is 13.8 Å². The molecule has 0 atom stereocenters. The van der Waals surface area contributed by atoms with Crippen LogP contribution < -0.4 is 5.73 Å². The van der Waals surface area contributed by atoms with Crippen molar-refractivity contribution < 1.29 is 4.79 Å². The average Bonchev–Trinajstić information content (AvgIpc) is 2.48. The van der Waals surface area contributed by atoms with Gasteiger partial charge in [0, 0.05) is 38.8 Å². The summed E-state index contributed by atoms with van der Waals surface area (Å²) < 4.78 is 0. The highest BCUT2D eigenvalue weighted by Crippen LogP contribution is 2.29. The van der Waals surface area contributed by atoms with Crippen LogP contribution in [-0.4, -0.2) is 54.5 Å². The van der Waals surface area contributed by atoms with Gasteiger partial charge in [0.05, 0.1) is 5.41 Å². The van der Waals surface area contributed by atoms with Crippen LogP contribution in [0.1, 0.15) is 53.4 Å². The number of carbonyl (C=O) groups is 1. The van der Waals surface area contributed by atoms with Crippen molar-refractivity contribution in [1.82, 2.24) is 9.80 Å². The largest absolute Gasteiger partial charge is 0.342 e. The van der Waals surface area contributed by atoms with Crippen LogP contribution in [0.15, 0.2) is 0 Å². The van der Waals surface area contributed by atoms with Crippen molar-refractivity contribution in [3.8, 4) is 0 Å². The Morgan fingerprint density at radius 2 is 1.68 bits per heavy atom. The van der Waals surface area contributed by atoms with Crippen LogP contribution in [0.2, 0.25) is 0 Å². The Kier molecular flexibility index (Phi) is 11.8. The quantitative estimate of drug-likeness (QED) is 0.796. The number of nitrogens with zero attached hydrogens (tertiary/aromatic N) is 2. The molecule has 6 heteroatoms. The van der Waals surface area contributed by atoms with E-state index < -0.39 is 0 Å². The summed E-state index contributed by atoms with van der Waals surface area (Å²) in [5.74, 6) is 0.244. The Hall–Kier alpha value is -0.0300. The molecule has 0 aromatic carbocycles. The standard InChI is InChI=1S/C16H33N3O.2ClH/c1-6-16(7-2,12-17)15(20)18(5)14-8-10-19(11-9-14)13(3)4;;/h13-14H,6-12,17H2,1-5H3;2*1H. The van der Waals surface area contributed by atoms with Crippen molar-refractivity contribution in [3.63, 3.8) is 0 Å². The van der Waals surface area contributed by atoms with Crippen LogP contribution in [0, 0.1) is 5.41 Å². The predicted molar refractivity (Wildman–Crippen MR) is 99.1 cm³/mol. The van der Waals surface area contributed by atoms with Gasteiger partial charge in [-0.3, -0.25) is 4.79 Å². The fourth-order valence-corrected chi connectivity index (χ4v) is 3.26. The second kappa shape index (κ2) is 10.7. The van der Waals surface area contributed by atoms with Crippen LogP contribution >= 0.6 is 24.8 Å². The summed E-state index contributed by atoms with van der Waals surface area (Å²) in [6, 6.07) is 0.980. The lowest BCUT2D eigenvalue weighted by Gasteiger charge is -2.42. The van der Waals surface area contributed by atoms with E-state index in [1.54, 1.807) is 0 Å². The van der Waals surface area contributed by atoms with Crippen molar-refractivity contribution in [2.75, 3.05) is 26.7 Å². The molecular weight excluding hydrogens is 321 g/mol. The van der Waals surface area contributed by atoms with E-state index in [0.29, 0.717) is 18.6 Å². The molecule has 0 radical (unpaired) electrons. The first kappa shape index (κ1) is 24.2. The van der Waals surface area contributed by atoms with Gasteiger partial charge in [-0.25, -0.2) is 0 Å². The van der Waals surface area contributed by atoms with E-state index in [4.69, 9.17) is 5.73 Å². The van der Waals surface area contributed by atoms with E-state index in [0.717, 1.165) is 38.8 Å². The molecule has 1 amide bonds. The second-order valence-corrected chi connectivity index (χ2v) is 6.47. The fraction of sp³-hybridized carbons (Fsp3) is 0.938. The first-order valence-corrected chi connectivity index (χ1v) is 8.13. The van der Waals surface area contributed by atoms with Crippen LogP contribution in [0.3, 0.4) is 0 Å². The zero-order valence-corrected chi connectivity index (χ0v) is 16.4. The van der Waals surface area contributed by atoms with Crippen molar-refractivity contribution in [1.29, 1.82) is 0 Å². The molecule has 1 heterocycles. The third-order valence-electron chi connectivity index (χ3n) is 5.30. The molecule has 1 aliphatic rings. The van der Waals surface area contributed by atoms with Gasteiger partial charge >= 0.3 is 0 Å². The van der Waals surface area contributed by atoms with Crippen LogP contribution in [-0.2, 0) is 4.79 Å². The smallest absolute Gasteiger partial charge is 0.230 e. The van der Waals surface area contributed by atoms with Gasteiger partial charge < -0.3 is 15.5 Å². The number of likely N-dealkylation sites (tertiary alicyclic amines) is 1. The third kappa shape index (κ3) is 5.26. The zero-order valence-electron chi connectivity index (χ0n) is 14.8. The lowest BCUT2D eigenvalue weighted by atomic mass is 9.80. The SMILES string of the molecule is CCC(CC)(CN)C(=O)N(C)C1CCN(C(C)C)CC1.Cl.Cl. The monoisotopic (exact) mass is 355 g/mol. The molecule has 22 heavy (non-hydrogen) atoms. The molecule has 0 unspecified atom stereocenters. The van der Waals surface area contributed by atoms with Crippen molar-refractivity contribution in [3.05, 3.63) is 0 Å². The minimum absolute atomic E-state index is 0. The molecule has 1 fully saturated rings. The maximum atomic E-state index is 12.8. The third-order valence-corrected chi connectivity index (χ3v) is 5.30. The second-order valence-electron chi connectivity index (χ2n) is 6.47. The normalized spacial score (nSPS) is 16.9. The van der Waals surface area contributed by atoms with Crippen molar-refractivity contribution >= 4 is 30.7 Å². The number of halogens is 2. The number of nitrogens with two attached hydrogens (primary N) is 1. The van der Waals surface area contributed by atoms with Gasteiger partial charge in [-0.15, -0.1) is 24.8 Å². The van der Waals surface area contributed by atoms with E-state index >= 15 is 0 Å². The minimum Gasteiger partial charge on any atom is -0.342 e.